The summed E-state index contributed by atoms with van der Waals surface area (Å²) >= 11 is 0. The van der Waals surface area contributed by atoms with E-state index in [1.54, 1.807) is 48.5 Å². The van der Waals surface area contributed by atoms with E-state index in [0.29, 0.717) is 16.7 Å². The van der Waals surface area contributed by atoms with Gasteiger partial charge in [0.25, 0.3) is 11.8 Å². The minimum atomic E-state index is -0.443. The largest absolute Gasteiger partial charge is 0.483 e. The number of hydrogen-bond donors (Lipinski definition) is 0. The summed E-state index contributed by atoms with van der Waals surface area (Å²) in [6.45, 7) is -0.314. The SMILES string of the molecule is O=C(COc1ccccc1N1C(=O)c2ccccc2C1=O)c1ccc(F)cc1. The number of hydrogen-bond acceptors (Lipinski definition) is 4. The first-order valence-corrected chi connectivity index (χ1v) is 8.54. The lowest BCUT2D eigenvalue weighted by Gasteiger charge is -2.18. The molecule has 28 heavy (non-hydrogen) atoms. The van der Waals surface area contributed by atoms with Gasteiger partial charge in [0.05, 0.1) is 16.8 Å². The van der Waals surface area contributed by atoms with Gasteiger partial charge in [0.1, 0.15) is 11.6 Å². The predicted molar refractivity (Wildman–Crippen MR) is 100 cm³/mol. The van der Waals surface area contributed by atoms with Crippen LogP contribution in [0.25, 0.3) is 0 Å². The van der Waals surface area contributed by atoms with E-state index in [2.05, 4.69) is 0 Å². The Morgan fingerprint density at radius 2 is 1.39 bits per heavy atom. The Morgan fingerprint density at radius 1 is 0.821 bits per heavy atom. The van der Waals surface area contributed by atoms with E-state index in [-0.39, 0.29) is 23.8 Å². The van der Waals surface area contributed by atoms with Crippen LogP contribution in [0.3, 0.4) is 0 Å². The van der Waals surface area contributed by atoms with Gasteiger partial charge in [0.2, 0.25) is 0 Å². The Labute approximate surface area is 160 Å². The molecule has 2 amide bonds. The third kappa shape index (κ3) is 3.05. The summed E-state index contributed by atoms with van der Waals surface area (Å²) in [4.78, 5) is 38.7. The van der Waals surface area contributed by atoms with Crippen molar-refractivity contribution in [3.8, 4) is 5.75 Å². The molecule has 0 spiro atoms. The van der Waals surface area contributed by atoms with Crippen LogP contribution < -0.4 is 9.64 Å². The van der Waals surface area contributed by atoms with Gasteiger partial charge in [-0.2, -0.15) is 0 Å². The van der Waals surface area contributed by atoms with E-state index in [4.69, 9.17) is 4.74 Å². The Balaban J connectivity index is 1.58. The average molecular weight is 375 g/mol. The average Bonchev–Trinajstić information content (AvgIpc) is 2.97. The van der Waals surface area contributed by atoms with Crippen molar-refractivity contribution in [2.45, 2.75) is 0 Å². The molecule has 0 radical (unpaired) electrons. The minimum Gasteiger partial charge on any atom is -0.483 e. The minimum absolute atomic E-state index is 0.229. The van der Waals surface area contributed by atoms with Crippen molar-refractivity contribution < 1.29 is 23.5 Å². The first kappa shape index (κ1) is 17.6. The number of carbonyl (C=O) groups excluding carboxylic acids is 3. The van der Waals surface area contributed by atoms with Crippen molar-refractivity contribution in [1.29, 1.82) is 0 Å². The van der Waals surface area contributed by atoms with Crippen molar-refractivity contribution in [1.82, 2.24) is 0 Å². The third-order valence-corrected chi connectivity index (χ3v) is 4.43. The molecule has 5 nitrogen and oxygen atoms in total. The zero-order chi connectivity index (χ0) is 19.7. The number of anilines is 1. The summed E-state index contributed by atoms with van der Waals surface area (Å²) in [6.07, 6.45) is 0. The Hall–Kier alpha value is -3.80. The van der Waals surface area contributed by atoms with Crippen molar-refractivity contribution in [3.05, 3.63) is 95.3 Å². The molecule has 0 bridgehead atoms. The normalized spacial score (nSPS) is 12.8. The molecule has 0 aliphatic carbocycles. The molecule has 6 heteroatoms. The van der Waals surface area contributed by atoms with E-state index in [1.807, 2.05) is 0 Å². The summed E-state index contributed by atoms with van der Waals surface area (Å²) in [6, 6.07) is 18.2. The zero-order valence-electron chi connectivity index (χ0n) is 14.6. The van der Waals surface area contributed by atoms with Gasteiger partial charge in [-0.1, -0.05) is 24.3 Å². The maximum absolute atomic E-state index is 13.0. The highest BCUT2D eigenvalue weighted by Crippen LogP contribution is 2.34. The van der Waals surface area contributed by atoms with Crippen LogP contribution in [0.2, 0.25) is 0 Å². The predicted octanol–water partition coefficient (Wildman–Crippen LogP) is 3.89. The van der Waals surface area contributed by atoms with Crippen LogP contribution >= 0.6 is 0 Å². The number of ketones is 1. The van der Waals surface area contributed by atoms with E-state index in [1.165, 1.54) is 24.3 Å². The molecule has 0 N–H and O–H groups in total. The molecule has 4 rings (SSSR count). The number of para-hydroxylation sites is 2. The van der Waals surface area contributed by atoms with Gasteiger partial charge in [-0.3, -0.25) is 14.4 Å². The first-order valence-electron chi connectivity index (χ1n) is 8.54. The van der Waals surface area contributed by atoms with Crippen LogP contribution in [-0.4, -0.2) is 24.2 Å². The lowest BCUT2D eigenvalue weighted by Crippen LogP contribution is -2.30. The van der Waals surface area contributed by atoms with Crippen LogP contribution in [-0.2, 0) is 0 Å². The molecule has 0 fully saturated rings. The van der Waals surface area contributed by atoms with Gasteiger partial charge in [0, 0.05) is 5.56 Å². The number of carbonyl (C=O) groups is 3. The summed E-state index contributed by atoms with van der Waals surface area (Å²) in [7, 11) is 0. The van der Waals surface area contributed by atoms with Crippen molar-refractivity contribution >= 4 is 23.3 Å². The molecule has 0 atom stereocenters. The van der Waals surface area contributed by atoms with E-state index >= 15 is 0 Å². The third-order valence-electron chi connectivity index (χ3n) is 4.43. The van der Waals surface area contributed by atoms with Gasteiger partial charge in [-0.05, 0) is 48.5 Å². The molecule has 1 heterocycles. The molecular weight excluding hydrogens is 361 g/mol. The van der Waals surface area contributed by atoms with Gasteiger partial charge in [0.15, 0.2) is 12.4 Å². The maximum Gasteiger partial charge on any atom is 0.266 e. The number of imide groups is 1. The van der Waals surface area contributed by atoms with Gasteiger partial charge < -0.3 is 4.74 Å². The number of benzene rings is 3. The summed E-state index contributed by atoms with van der Waals surface area (Å²) in [5.74, 6) is -1.44. The molecule has 3 aromatic rings. The van der Waals surface area contributed by atoms with Crippen LogP contribution in [0.4, 0.5) is 10.1 Å². The van der Waals surface area contributed by atoms with E-state index in [9.17, 15) is 18.8 Å². The van der Waals surface area contributed by atoms with Crippen molar-refractivity contribution in [3.63, 3.8) is 0 Å². The second kappa shape index (κ2) is 7.08. The number of rotatable bonds is 5. The quantitative estimate of drug-likeness (QED) is 0.501. The number of nitrogens with zero attached hydrogens (tertiary/aromatic N) is 1. The Morgan fingerprint density at radius 3 is 2.04 bits per heavy atom. The highest BCUT2D eigenvalue weighted by molar-refractivity contribution is 6.34. The molecule has 0 aromatic heterocycles. The number of amides is 2. The molecule has 3 aromatic carbocycles. The smallest absolute Gasteiger partial charge is 0.266 e. The molecule has 1 aliphatic rings. The second-order valence-corrected chi connectivity index (χ2v) is 6.18. The van der Waals surface area contributed by atoms with Crippen LogP contribution in [0.15, 0.2) is 72.8 Å². The van der Waals surface area contributed by atoms with Gasteiger partial charge in [-0.25, -0.2) is 9.29 Å². The molecule has 0 saturated heterocycles. The molecule has 138 valence electrons. The fourth-order valence-corrected chi connectivity index (χ4v) is 3.03. The topological polar surface area (TPSA) is 63.7 Å². The Kier molecular flexibility index (Phi) is 4.45. The first-order chi connectivity index (χ1) is 13.6. The second-order valence-electron chi connectivity index (χ2n) is 6.18. The number of halogens is 1. The van der Waals surface area contributed by atoms with E-state index in [0.717, 1.165) is 4.90 Å². The fraction of sp³-hybridized carbons (Fsp3) is 0.0455. The summed E-state index contributed by atoms with van der Waals surface area (Å²) < 4.78 is 18.6. The summed E-state index contributed by atoms with van der Waals surface area (Å²) in [5.41, 5.74) is 1.22. The van der Waals surface area contributed by atoms with Crippen LogP contribution in [0, 0.1) is 5.82 Å². The van der Waals surface area contributed by atoms with E-state index < -0.39 is 17.6 Å². The highest BCUT2D eigenvalue weighted by atomic mass is 19.1. The molecule has 0 saturated carbocycles. The lowest BCUT2D eigenvalue weighted by atomic mass is 10.1. The van der Waals surface area contributed by atoms with Crippen molar-refractivity contribution in [2.24, 2.45) is 0 Å². The monoisotopic (exact) mass is 375 g/mol. The van der Waals surface area contributed by atoms with Crippen molar-refractivity contribution in [2.75, 3.05) is 11.5 Å². The number of Topliss-reactive ketones (excluding diaryl/α,β-unsaturated/α-hetero) is 1. The lowest BCUT2D eigenvalue weighted by molar-refractivity contribution is 0.0922. The fourth-order valence-electron chi connectivity index (χ4n) is 3.03. The maximum atomic E-state index is 13.0. The number of fused-ring (bicyclic) bond motifs is 1. The standard InChI is InChI=1S/C22H14FNO4/c23-15-11-9-14(10-12-15)19(25)13-28-20-8-4-3-7-18(20)24-21(26)16-5-1-2-6-17(16)22(24)27/h1-12H,13H2. The van der Waals surface area contributed by atoms with Crippen LogP contribution in [0.5, 0.6) is 5.75 Å². The molecular formula is C22H14FNO4. The van der Waals surface area contributed by atoms with Crippen LogP contribution in [0.1, 0.15) is 31.1 Å². The Bertz CT molecular complexity index is 1060. The zero-order valence-corrected chi connectivity index (χ0v) is 14.6. The molecule has 1 aliphatic heterocycles. The van der Waals surface area contributed by atoms with Gasteiger partial charge >= 0.3 is 0 Å². The van der Waals surface area contributed by atoms with Gasteiger partial charge in [-0.15, -0.1) is 0 Å². The highest BCUT2D eigenvalue weighted by Gasteiger charge is 2.37. The number of ether oxygens (including phenoxy) is 1. The molecule has 0 unspecified atom stereocenters. The summed E-state index contributed by atoms with van der Waals surface area (Å²) in [5, 5.41) is 0.